The lowest BCUT2D eigenvalue weighted by atomic mass is 9.99. The first kappa shape index (κ1) is 21.3. The van der Waals surface area contributed by atoms with Crippen molar-refractivity contribution in [2.45, 2.75) is 13.5 Å². The van der Waals surface area contributed by atoms with Crippen LogP contribution in [0.5, 0.6) is 0 Å². The molecule has 0 spiro atoms. The van der Waals surface area contributed by atoms with E-state index in [1.54, 1.807) is 24.3 Å². The molecule has 2 N–H and O–H groups in total. The quantitative estimate of drug-likeness (QED) is 0.595. The normalized spacial score (nSPS) is 10.6. The molecule has 154 valence electrons. The Bertz CT molecular complexity index is 1000. The predicted octanol–water partition coefficient (Wildman–Crippen LogP) is 4.17. The fourth-order valence-electron chi connectivity index (χ4n) is 3.35. The summed E-state index contributed by atoms with van der Waals surface area (Å²) < 4.78 is 0. The summed E-state index contributed by atoms with van der Waals surface area (Å²) in [6.45, 7) is 3.33. The van der Waals surface area contributed by atoms with Gasteiger partial charge in [-0.05, 0) is 48.9 Å². The molecule has 30 heavy (non-hydrogen) atoms. The summed E-state index contributed by atoms with van der Waals surface area (Å²) in [5.74, 6) is -0.272. The lowest BCUT2D eigenvalue weighted by molar-refractivity contribution is -0.117. The topological polar surface area (TPSA) is 61.4 Å². The molecule has 0 aliphatic carbocycles. The smallest absolute Gasteiger partial charge is 0.251 e. The average molecular weight is 402 g/mol. The van der Waals surface area contributed by atoms with Gasteiger partial charge in [-0.1, -0.05) is 60.7 Å². The molecule has 0 aliphatic heterocycles. The Morgan fingerprint density at radius 2 is 1.63 bits per heavy atom. The van der Waals surface area contributed by atoms with Crippen molar-refractivity contribution < 1.29 is 9.59 Å². The highest BCUT2D eigenvalue weighted by molar-refractivity contribution is 5.97. The van der Waals surface area contributed by atoms with Crippen LogP contribution in [0.3, 0.4) is 0 Å². The van der Waals surface area contributed by atoms with Crippen LogP contribution in [0.4, 0.5) is 5.69 Å². The molecule has 0 radical (unpaired) electrons. The zero-order chi connectivity index (χ0) is 21.3. The van der Waals surface area contributed by atoms with E-state index in [4.69, 9.17) is 0 Å². The Morgan fingerprint density at radius 3 is 2.40 bits per heavy atom. The second-order valence-corrected chi connectivity index (χ2v) is 7.18. The Balaban J connectivity index is 1.62. The molecule has 0 saturated carbocycles. The number of carbonyl (C=O) groups excluding carboxylic acids is 2. The minimum Gasteiger partial charge on any atom is -0.352 e. The maximum atomic E-state index is 12.5. The fraction of sp³-hybridized carbons (Fsp3) is 0.200. The summed E-state index contributed by atoms with van der Waals surface area (Å²) in [7, 11) is 1.92. The molecule has 0 unspecified atom stereocenters. The van der Waals surface area contributed by atoms with Crippen LogP contribution >= 0.6 is 0 Å². The van der Waals surface area contributed by atoms with Crippen molar-refractivity contribution in [1.29, 1.82) is 0 Å². The Hall–Kier alpha value is -3.44. The molecule has 3 aromatic carbocycles. The molecule has 3 rings (SSSR count). The monoisotopic (exact) mass is 401 g/mol. The molecule has 5 nitrogen and oxygen atoms in total. The van der Waals surface area contributed by atoms with E-state index in [2.05, 4.69) is 34.9 Å². The molecule has 0 saturated heterocycles. The van der Waals surface area contributed by atoms with Crippen molar-refractivity contribution in [2.24, 2.45) is 0 Å². The van der Waals surface area contributed by atoms with Crippen molar-refractivity contribution >= 4 is 17.5 Å². The Morgan fingerprint density at radius 1 is 0.900 bits per heavy atom. The molecule has 0 fully saturated rings. The third kappa shape index (κ3) is 5.78. The zero-order valence-corrected chi connectivity index (χ0v) is 17.4. The van der Waals surface area contributed by atoms with Crippen LogP contribution in [0, 0.1) is 0 Å². The van der Waals surface area contributed by atoms with Crippen LogP contribution in [0.15, 0.2) is 78.9 Å². The van der Waals surface area contributed by atoms with E-state index in [0.29, 0.717) is 24.3 Å². The maximum Gasteiger partial charge on any atom is 0.251 e. The first-order chi connectivity index (χ1) is 14.6. The summed E-state index contributed by atoms with van der Waals surface area (Å²) in [6, 6.07) is 25.4. The van der Waals surface area contributed by atoms with E-state index in [1.807, 2.05) is 49.2 Å². The van der Waals surface area contributed by atoms with Crippen LogP contribution in [-0.4, -0.2) is 36.9 Å². The summed E-state index contributed by atoms with van der Waals surface area (Å²) in [6.07, 6.45) is 0. The largest absolute Gasteiger partial charge is 0.352 e. The molecule has 5 heteroatoms. The number of likely N-dealkylation sites (N-methyl/N-ethyl adjacent to an activating group) is 1. The minimum atomic E-state index is -0.150. The maximum absolute atomic E-state index is 12.5. The van der Waals surface area contributed by atoms with Crippen LogP contribution in [-0.2, 0) is 11.3 Å². The first-order valence-electron chi connectivity index (χ1n) is 10.1. The summed E-state index contributed by atoms with van der Waals surface area (Å²) >= 11 is 0. The predicted molar refractivity (Wildman–Crippen MR) is 121 cm³/mol. The van der Waals surface area contributed by atoms with E-state index in [-0.39, 0.29) is 18.4 Å². The summed E-state index contributed by atoms with van der Waals surface area (Å²) in [4.78, 5) is 26.5. The summed E-state index contributed by atoms with van der Waals surface area (Å²) in [5.41, 5.74) is 4.63. The molecule has 0 heterocycles. The third-order valence-electron chi connectivity index (χ3n) is 4.70. The molecular weight excluding hydrogens is 374 g/mol. The van der Waals surface area contributed by atoms with E-state index in [9.17, 15) is 9.59 Å². The number of benzene rings is 3. The average Bonchev–Trinajstić information content (AvgIpc) is 2.75. The zero-order valence-electron chi connectivity index (χ0n) is 17.4. The van der Waals surface area contributed by atoms with Crippen molar-refractivity contribution in [3.8, 4) is 11.1 Å². The molecule has 0 aliphatic rings. The van der Waals surface area contributed by atoms with Gasteiger partial charge in [-0.15, -0.1) is 0 Å². The molecule has 3 aromatic rings. The van der Waals surface area contributed by atoms with E-state index >= 15 is 0 Å². The molecule has 0 bridgehead atoms. The van der Waals surface area contributed by atoms with Crippen molar-refractivity contribution in [3.05, 3.63) is 90.0 Å². The van der Waals surface area contributed by atoms with Gasteiger partial charge in [-0.2, -0.15) is 0 Å². The number of amides is 2. The van der Waals surface area contributed by atoms with Crippen LogP contribution in [0.1, 0.15) is 22.8 Å². The van der Waals surface area contributed by atoms with Gasteiger partial charge in [0.15, 0.2) is 0 Å². The number of hydrogen-bond acceptors (Lipinski definition) is 3. The van der Waals surface area contributed by atoms with E-state index in [1.165, 1.54) is 5.56 Å². The lowest BCUT2D eigenvalue weighted by Gasteiger charge is -2.19. The van der Waals surface area contributed by atoms with Gasteiger partial charge in [-0.25, -0.2) is 0 Å². The molecular formula is C25H27N3O2. The van der Waals surface area contributed by atoms with E-state index in [0.717, 1.165) is 11.1 Å². The van der Waals surface area contributed by atoms with Crippen LogP contribution < -0.4 is 10.6 Å². The molecule has 2 amide bonds. The van der Waals surface area contributed by atoms with Gasteiger partial charge in [0.05, 0.1) is 6.54 Å². The van der Waals surface area contributed by atoms with Gasteiger partial charge in [0.25, 0.3) is 5.91 Å². The van der Waals surface area contributed by atoms with Gasteiger partial charge in [0, 0.05) is 24.3 Å². The van der Waals surface area contributed by atoms with Crippen LogP contribution in [0.2, 0.25) is 0 Å². The van der Waals surface area contributed by atoms with Crippen molar-refractivity contribution in [3.63, 3.8) is 0 Å². The minimum absolute atomic E-state index is 0.122. The highest BCUT2D eigenvalue weighted by Gasteiger charge is 2.12. The number of nitrogens with zero attached hydrogens (tertiary/aromatic N) is 1. The fourth-order valence-corrected chi connectivity index (χ4v) is 3.35. The highest BCUT2D eigenvalue weighted by Crippen LogP contribution is 2.24. The van der Waals surface area contributed by atoms with Crippen molar-refractivity contribution in [1.82, 2.24) is 10.2 Å². The standard InChI is InChI=1S/C25H27N3O2/c1-3-26-25(30)20-13-9-14-22(16-20)27-24(29)18-28(2)17-21-12-7-8-15-23(21)19-10-5-4-6-11-19/h4-16H,3,17-18H2,1-2H3,(H,26,30)(H,27,29). The second kappa shape index (κ2) is 10.4. The van der Waals surface area contributed by atoms with Crippen LogP contribution in [0.25, 0.3) is 11.1 Å². The number of rotatable bonds is 8. The third-order valence-corrected chi connectivity index (χ3v) is 4.70. The van der Waals surface area contributed by atoms with E-state index < -0.39 is 0 Å². The number of carbonyl (C=O) groups is 2. The highest BCUT2D eigenvalue weighted by atomic mass is 16.2. The lowest BCUT2D eigenvalue weighted by Crippen LogP contribution is -2.30. The van der Waals surface area contributed by atoms with Gasteiger partial charge in [-0.3, -0.25) is 14.5 Å². The molecule has 0 aromatic heterocycles. The van der Waals surface area contributed by atoms with Gasteiger partial charge < -0.3 is 10.6 Å². The van der Waals surface area contributed by atoms with Crippen molar-refractivity contribution in [2.75, 3.05) is 25.5 Å². The number of hydrogen-bond donors (Lipinski definition) is 2. The molecule has 0 atom stereocenters. The van der Waals surface area contributed by atoms with Gasteiger partial charge >= 0.3 is 0 Å². The number of anilines is 1. The Labute approximate surface area is 177 Å². The van der Waals surface area contributed by atoms with Gasteiger partial charge in [0.1, 0.15) is 0 Å². The summed E-state index contributed by atoms with van der Waals surface area (Å²) in [5, 5.41) is 5.64. The SMILES string of the molecule is CCNC(=O)c1cccc(NC(=O)CN(C)Cc2ccccc2-c2ccccc2)c1. The first-order valence-corrected chi connectivity index (χ1v) is 10.1. The number of nitrogens with one attached hydrogen (secondary N) is 2. The Kier molecular flexibility index (Phi) is 7.35. The second-order valence-electron chi connectivity index (χ2n) is 7.18. The van der Waals surface area contributed by atoms with Gasteiger partial charge in [0.2, 0.25) is 5.91 Å².